The molecule has 0 radical (unpaired) electrons. The molecule has 0 amide bonds. The molecule has 1 fully saturated rings. The molecule has 1 N–H and O–H groups in total. The third kappa shape index (κ3) is 4.28. The van der Waals surface area contributed by atoms with Crippen LogP contribution in [0.3, 0.4) is 0 Å². The van der Waals surface area contributed by atoms with E-state index in [1.54, 1.807) is 11.3 Å². The van der Waals surface area contributed by atoms with E-state index in [1.807, 2.05) is 38.4 Å². The molecular formula is C20H25N7S. The Morgan fingerprint density at radius 3 is 2.64 bits per heavy atom. The lowest BCUT2D eigenvalue weighted by Crippen LogP contribution is -2.46. The zero-order valence-corrected chi connectivity index (χ0v) is 17.3. The predicted octanol–water partition coefficient (Wildman–Crippen LogP) is 3.50. The first kappa shape index (κ1) is 18.8. The third-order valence-electron chi connectivity index (χ3n) is 4.89. The maximum absolute atomic E-state index is 4.64. The molecule has 0 aromatic carbocycles. The van der Waals surface area contributed by atoms with Gasteiger partial charge in [-0.2, -0.15) is 0 Å². The average Bonchev–Trinajstić information content (AvgIpc) is 3.16. The van der Waals surface area contributed by atoms with Crippen molar-refractivity contribution < 1.29 is 0 Å². The van der Waals surface area contributed by atoms with E-state index in [-0.39, 0.29) is 0 Å². The number of anilines is 3. The van der Waals surface area contributed by atoms with Gasteiger partial charge in [-0.3, -0.25) is 4.98 Å². The summed E-state index contributed by atoms with van der Waals surface area (Å²) in [5, 5.41) is 4.18. The lowest BCUT2D eigenvalue weighted by Gasteiger charge is -2.34. The second kappa shape index (κ2) is 8.20. The van der Waals surface area contributed by atoms with Crippen LogP contribution in [0.1, 0.15) is 18.4 Å². The fourth-order valence-electron chi connectivity index (χ4n) is 3.34. The average molecular weight is 396 g/mol. The number of rotatable bonds is 5. The number of aromatic nitrogens is 4. The van der Waals surface area contributed by atoms with Crippen LogP contribution in [0.5, 0.6) is 0 Å². The van der Waals surface area contributed by atoms with Crippen LogP contribution >= 0.6 is 11.3 Å². The standard InChI is InChI=1S/C20H25N7S/c1-4-26-7-9-27(10-8-26)19-12-18(23-15(3)24-19)25-20-22-13-17(28-20)16-5-6-21-14(2)11-16/h5-6,11-13H,4,7-10H2,1-3H3,(H,22,23,24,25). The normalized spacial score (nSPS) is 15.0. The van der Waals surface area contributed by atoms with E-state index in [0.717, 1.165) is 71.4 Å². The molecule has 1 saturated heterocycles. The number of aryl methyl sites for hydroxylation is 2. The van der Waals surface area contributed by atoms with Gasteiger partial charge in [0.2, 0.25) is 0 Å². The zero-order chi connectivity index (χ0) is 19.5. The van der Waals surface area contributed by atoms with E-state index >= 15 is 0 Å². The fourth-order valence-corrected chi connectivity index (χ4v) is 4.16. The van der Waals surface area contributed by atoms with Gasteiger partial charge in [-0.05, 0) is 38.1 Å². The molecule has 8 heteroatoms. The van der Waals surface area contributed by atoms with Crippen LogP contribution in [-0.2, 0) is 0 Å². The number of hydrogen-bond acceptors (Lipinski definition) is 8. The lowest BCUT2D eigenvalue weighted by atomic mass is 10.2. The lowest BCUT2D eigenvalue weighted by molar-refractivity contribution is 0.270. The van der Waals surface area contributed by atoms with E-state index in [4.69, 9.17) is 0 Å². The van der Waals surface area contributed by atoms with Gasteiger partial charge in [0, 0.05) is 50.3 Å². The quantitative estimate of drug-likeness (QED) is 0.709. The Labute approximate surface area is 169 Å². The Balaban J connectivity index is 1.50. The highest BCUT2D eigenvalue weighted by Crippen LogP contribution is 2.31. The Hall–Kier alpha value is -2.58. The van der Waals surface area contributed by atoms with Gasteiger partial charge in [0.15, 0.2) is 5.13 Å². The van der Waals surface area contributed by atoms with Gasteiger partial charge in [0.05, 0.1) is 4.88 Å². The van der Waals surface area contributed by atoms with Crippen LogP contribution < -0.4 is 10.2 Å². The molecule has 1 aliphatic rings. The summed E-state index contributed by atoms with van der Waals surface area (Å²) in [6.45, 7) is 11.4. The molecule has 0 spiro atoms. The summed E-state index contributed by atoms with van der Waals surface area (Å²) in [7, 11) is 0. The minimum atomic E-state index is 0.763. The van der Waals surface area contributed by atoms with E-state index in [1.165, 1.54) is 0 Å². The van der Waals surface area contributed by atoms with Crippen molar-refractivity contribution in [3.05, 3.63) is 42.1 Å². The SMILES string of the molecule is CCN1CCN(c2cc(Nc3ncc(-c4ccnc(C)c4)s3)nc(C)n2)CC1. The Morgan fingerprint density at radius 2 is 1.89 bits per heavy atom. The monoisotopic (exact) mass is 395 g/mol. The van der Waals surface area contributed by atoms with Crippen LogP contribution in [-0.4, -0.2) is 57.6 Å². The summed E-state index contributed by atoms with van der Waals surface area (Å²) in [6.07, 6.45) is 3.72. The van der Waals surface area contributed by atoms with Crippen molar-refractivity contribution in [2.24, 2.45) is 0 Å². The summed E-state index contributed by atoms with van der Waals surface area (Å²) in [6, 6.07) is 6.10. The van der Waals surface area contributed by atoms with Crippen molar-refractivity contribution in [2.75, 3.05) is 42.9 Å². The molecule has 28 heavy (non-hydrogen) atoms. The van der Waals surface area contributed by atoms with Crippen molar-refractivity contribution >= 4 is 28.1 Å². The highest BCUT2D eigenvalue weighted by molar-refractivity contribution is 7.18. The van der Waals surface area contributed by atoms with Gasteiger partial charge in [0.25, 0.3) is 0 Å². The number of likely N-dealkylation sites (N-methyl/N-ethyl adjacent to an activating group) is 1. The zero-order valence-electron chi connectivity index (χ0n) is 16.5. The minimum absolute atomic E-state index is 0.763. The number of hydrogen-bond donors (Lipinski definition) is 1. The number of nitrogens with zero attached hydrogens (tertiary/aromatic N) is 6. The van der Waals surface area contributed by atoms with E-state index < -0.39 is 0 Å². The molecule has 0 aliphatic carbocycles. The van der Waals surface area contributed by atoms with E-state index in [0.29, 0.717) is 0 Å². The molecule has 1 aliphatic heterocycles. The molecule has 0 unspecified atom stereocenters. The molecule has 0 atom stereocenters. The van der Waals surface area contributed by atoms with Crippen LogP contribution in [0.4, 0.5) is 16.8 Å². The van der Waals surface area contributed by atoms with E-state index in [9.17, 15) is 0 Å². The van der Waals surface area contributed by atoms with Gasteiger partial charge in [-0.25, -0.2) is 15.0 Å². The van der Waals surface area contributed by atoms with Crippen molar-refractivity contribution in [2.45, 2.75) is 20.8 Å². The van der Waals surface area contributed by atoms with Gasteiger partial charge < -0.3 is 15.1 Å². The number of thiazole rings is 1. The Bertz CT molecular complexity index is 947. The number of pyridine rings is 1. The second-order valence-electron chi connectivity index (χ2n) is 6.92. The van der Waals surface area contributed by atoms with Crippen molar-refractivity contribution in [3.8, 4) is 10.4 Å². The molecule has 3 aromatic rings. The first-order chi connectivity index (χ1) is 13.6. The van der Waals surface area contributed by atoms with Crippen LogP contribution in [0.15, 0.2) is 30.6 Å². The first-order valence-corrected chi connectivity index (χ1v) is 10.4. The molecule has 146 valence electrons. The molecular weight excluding hydrogens is 370 g/mol. The first-order valence-electron chi connectivity index (χ1n) is 9.59. The Kier molecular flexibility index (Phi) is 5.50. The van der Waals surface area contributed by atoms with Crippen molar-refractivity contribution in [1.29, 1.82) is 0 Å². The van der Waals surface area contributed by atoms with Gasteiger partial charge in [0.1, 0.15) is 17.5 Å². The van der Waals surface area contributed by atoms with Crippen LogP contribution in [0, 0.1) is 13.8 Å². The summed E-state index contributed by atoms with van der Waals surface area (Å²) >= 11 is 1.61. The van der Waals surface area contributed by atoms with Gasteiger partial charge >= 0.3 is 0 Å². The molecule has 4 heterocycles. The van der Waals surface area contributed by atoms with Gasteiger partial charge in [-0.1, -0.05) is 18.3 Å². The van der Waals surface area contributed by atoms with Crippen molar-refractivity contribution in [1.82, 2.24) is 24.8 Å². The van der Waals surface area contributed by atoms with E-state index in [2.05, 4.69) is 48.0 Å². The van der Waals surface area contributed by atoms with Crippen LogP contribution in [0.2, 0.25) is 0 Å². The van der Waals surface area contributed by atoms with Crippen LogP contribution in [0.25, 0.3) is 10.4 Å². The summed E-state index contributed by atoms with van der Waals surface area (Å²) in [5.74, 6) is 2.53. The second-order valence-corrected chi connectivity index (χ2v) is 7.95. The largest absolute Gasteiger partial charge is 0.354 e. The topological polar surface area (TPSA) is 70.1 Å². The highest BCUT2D eigenvalue weighted by atomic mass is 32.1. The molecule has 0 saturated carbocycles. The fraction of sp³-hybridized carbons (Fsp3) is 0.400. The number of nitrogens with one attached hydrogen (secondary N) is 1. The highest BCUT2D eigenvalue weighted by Gasteiger charge is 2.18. The minimum Gasteiger partial charge on any atom is -0.354 e. The smallest absolute Gasteiger partial charge is 0.188 e. The third-order valence-corrected chi connectivity index (χ3v) is 5.85. The molecule has 4 rings (SSSR count). The maximum Gasteiger partial charge on any atom is 0.188 e. The van der Waals surface area contributed by atoms with Crippen molar-refractivity contribution in [3.63, 3.8) is 0 Å². The number of piperazine rings is 1. The molecule has 3 aromatic heterocycles. The molecule has 7 nitrogen and oxygen atoms in total. The predicted molar refractivity (Wildman–Crippen MR) is 114 cm³/mol. The summed E-state index contributed by atoms with van der Waals surface area (Å²) < 4.78 is 0. The summed E-state index contributed by atoms with van der Waals surface area (Å²) in [4.78, 5) is 23.9. The Morgan fingerprint density at radius 1 is 1.07 bits per heavy atom. The maximum atomic E-state index is 4.64. The summed E-state index contributed by atoms with van der Waals surface area (Å²) in [5.41, 5.74) is 2.13. The molecule has 0 bridgehead atoms. The van der Waals surface area contributed by atoms with Gasteiger partial charge in [-0.15, -0.1) is 0 Å².